The summed E-state index contributed by atoms with van der Waals surface area (Å²) in [7, 11) is 0. The van der Waals surface area contributed by atoms with E-state index in [2.05, 4.69) is 10.3 Å². The lowest BCUT2D eigenvalue weighted by atomic mass is 10.2. The second-order valence-corrected chi connectivity index (χ2v) is 4.47. The van der Waals surface area contributed by atoms with E-state index in [0.717, 1.165) is 10.2 Å². The molecule has 8 heteroatoms. The van der Waals surface area contributed by atoms with Gasteiger partial charge in [0.15, 0.2) is 5.69 Å². The zero-order chi connectivity index (χ0) is 15.5. The molecule has 2 N–H and O–H groups in total. The predicted molar refractivity (Wildman–Crippen MR) is 69.6 cm³/mol. The Kier molecular flexibility index (Phi) is 4.46. The van der Waals surface area contributed by atoms with Crippen LogP contribution in [0.4, 0.5) is 13.2 Å². The molecule has 1 aromatic carbocycles. The minimum Gasteiger partial charge on any atom is -0.492 e. The van der Waals surface area contributed by atoms with E-state index < -0.39 is 11.9 Å². The lowest BCUT2D eigenvalue weighted by Gasteiger charge is -2.11. The van der Waals surface area contributed by atoms with Crippen molar-refractivity contribution in [1.82, 2.24) is 15.0 Å². The van der Waals surface area contributed by atoms with Crippen LogP contribution in [0.1, 0.15) is 17.0 Å². The van der Waals surface area contributed by atoms with Gasteiger partial charge in [0, 0.05) is 6.54 Å². The zero-order valence-electron chi connectivity index (χ0n) is 11.4. The Morgan fingerprint density at radius 3 is 2.48 bits per heavy atom. The van der Waals surface area contributed by atoms with E-state index >= 15 is 0 Å². The maximum atomic E-state index is 12.9. The van der Waals surface area contributed by atoms with Gasteiger partial charge >= 0.3 is 6.18 Å². The molecule has 0 aliphatic heterocycles. The third kappa shape index (κ3) is 3.72. The van der Waals surface area contributed by atoms with Crippen LogP contribution in [0.5, 0.6) is 5.75 Å². The lowest BCUT2D eigenvalue weighted by Crippen LogP contribution is -2.20. The molecule has 114 valence electrons. The summed E-state index contributed by atoms with van der Waals surface area (Å²) in [6.45, 7) is 1.62. The molecule has 1 aromatic heterocycles. The highest BCUT2D eigenvalue weighted by molar-refractivity contribution is 5.26. The molecule has 2 rings (SSSR count). The van der Waals surface area contributed by atoms with Crippen molar-refractivity contribution < 1.29 is 17.9 Å². The summed E-state index contributed by atoms with van der Waals surface area (Å²) < 4.78 is 44.9. The smallest absolute Gasteiger partial charge is 0.434 e. The van der Waals surface area contributed by atoms with Gasteiger partial charge in [-0.15, -0.1) is 5.10 Å². The lowest BCUT2D eigenvalue weighted by molar-refractivity contribution is -0.145. The number of hydrogen-bond donors (Lipinski definition) is 1. The van der Waals surface area contributed by atoms with Gasteiger partial charge in [-0.3, -0.25) is 0 Å². The molecular weight excluding hydrogens is 285 g/mol. The largest absolute Gasteiger partial charge is 0.492 e. The number of hydrogen-bond acceptors (Lipinski definition) is 4. The normalized spacial score (nSPS) is 11.7. The summed E-state index contributed by atoms with van der Waals surface area (Å²) in [6.07, 6.45) is -4.54. The highest BCUT2D eigenvalue weighted by atomic mass is 19.4. The standard InChI is InChI=1S/C13H15F3N4O/c1-9-2-4-10(5-3-9)21-7-6-20-12(13(14,15)16)11(8-17)18-19-20/h2-5H,6-8,17H2,1H3. The first-order valence-corrected chi connectivity index (χ1v) is 6.31. The molecular formula is C13H15F3N4O. The number of aryl methyl sites for hydroxylation is 1. The fourth-order valence-electron chi connectivity index (χ4n) is 1.84. The SMILES string of the molecule is Cc1ccc(OCCn2nnc(CN)c2C(F)(F)F)cc1. The van der Waals surface area contributed by atoms with E-state index in [1.165, 1.54) is 0 Å². The molecule has 0 bridgehead atoms. The summed E-state index contributed by atoms with van der Waals surface area (Å²) in [5, 5.41) is 6.94. The highest BCUT2D eigenvalue weighted by Gasteiger charge is 2.38. The van der Waals surface area contributed by atoms with Gasteiger partial charge in [0.25, 0.3) is 0 Å². The first-order chi connectivity index (χ1) is 9.91. The van der Waals surface area contributed by atoms with E-state index in [1.54, 1.807) is 12.1 Å². The average molecular weight is 300 g/mol. The summed E-state index contributed by atoms with van der Waals surface area (Å²) >= 11 is 0. The molecule has 0 saturated heterocycles. The van der Waals surface area contributed by atoms with Crippen molar-refractivity contribution in [2.75, 3.05) is 6.61 Å². The van der Waals surface area contributed by atoms with Crippen molar-refractivity contribution in [3.63, 3.8) is 0 Å². The molecule has 0 saturated carbocycles. The third-order valence-electron chi connectivity index (χ3n) is 2.86. The molecule has 0 aliphatic rings. The maximum Gasteiger partial charge on any atom is 0.434 e. The third-order valence-corrected chi connectivity index (χ3v) is 2.86. The number of rotatable bonds is 5. The van der Waals surface area contributed by atoms with E-state index in [9.17, 15) is 13.2 Å². The second-order valence-electron chi connectivity index (χ2n) is 4.47. The fourth-order valence-corrected chi connectivity index (χ4v) is 1.84. The van der Waals surface area contributed by atoms with Crippen LogP contribution in [-0.2, 0) is 19.3 Å². The van der Waals surface area contributed by atoms with Crippen LogP contribution in [0.2, 0.25) is 0 Å². The molecule has 0 amide bonds. The highest BCUT2D eigenvalue weighted by Crippen LogP contribution is 2.30. The van der Waals surface area contributed by atoms with Crippen molar-refractivity contribution in [3.05, 3.63) is 41.2 Å². The first-order valence-electron chi connectivity index (χ1n) is 6.31. The van der Waals surface area contributed by atoms with Crippen LogP contribution in [0, 0.1) is 6.92 Å². The van der Waals surface area contributed by atoms with Crippen molar-refractivity contribution in [1.29, 1.82) is 0 Å². The number of benzene rings is 1. The van der Waals surface area contributed by atoms with E-state index in [-0.39, 0.29) is 25.4 Å². The Labute approximate surface area is 119 Å². The monoisotopic (exact) mass is 300 g/mol. The number of aromatic nitrogens is 3. The van der Waals surface area contributed by atoms with Gasteiger partial charge in [0.05, 0.1) is 6.54 Å². The number of halogens is 3. The van der Waals surface area contributed by atoms with Crippen LogP contribution in [-0.4, -0.2) is 21.6 Å². The average Bonchev–Trinajstić information content (AvgIpc) is 2.84. The molecule has 0 spiro atoms. The predicted octanol–water partition coefficient (Wildman–Crippen LogP) is 2.14. The maximum absolute atomic E-state index is 12.9. The van der Waals surface area contributed by atoms with Crippen molar-refractivity contribution in [2.24, 2.45) is 5.73 Å². The van der Waals surface area contributed by atoms with Gasteiger partial charge in [-0.1, -0.05) is 22.9 Å². The van der Waals surface area contributed by atoms with Crippen LogP contribution in [0.15, 0.2) is 24.3 Å². The van der Waals surface area contributed by atoms with Gasteiger partial charge in [0.1, 0.15) is 18.1 Å². The summed E-state index contributed by atoms with van der Waals surface area (Å²) in [5.74, 6) is 0.591. The van der Waals surface area contributed by atoms with Crippen LogP contribution >= 0.6 is 0 Å². The van der Waals surface area contributed by atoms with Gasteiger partial charge in [-0.2, -0.15) is 13.2 Å². The van der Waals surface area contributed by atoms with Gasteiger partial charge in [0.2, 0.25) is 0 Å². The zero-order valence-corrected chi connectivity index (χ0v) is 11.4. The van der Waals surface area contributed by atoms with E-state index in [4.69, 9.17) is 10.5 Å². The van der Waals surface area contributed by atoms with Gasteiger partial charge in [-0.25, -0.2) is 4.68 Å². The molecule has 0 fully saturated rings. The second kappa shape index (κ2) is 6.13. The van der Waals surface area contributed by atoms with E-state index in [1.807, 2.05) is 19.1 Å². The summed E-state index contributed by atoms with van der Waals surface area (Å²) in [6, 6.07) is 7.23. The van der Waals surface area contributed by atoms with Crippen molar-refractivity contribution in [2.45, 2.75) is 26.2 Å². The van der Waals surface area contributed by atoms with Gasteiger partial charge in [-0.05, 0) is 19.1 Å². The first kappa shape index (κ1) is 15.3. The molecule has 0 unspecified atom stereocenters. The quantitative estimate of drug-likeness (QED) is 0.919. The molecule has 5 nitrogen and oxygen atoms in total. The Hall–Kier alpha value is -2.09. The molecule has 0 radical (unpaired) electrons. The summed E-state index contributed by atoms with van der Waals surface area (Å²) in [5.41, 5.74) is 5.14. The molecule has 0 atom stereocenters. The van der Waals surface area contributed by atoms with E-state index in [0.29, 0.717) is 5.75 Å². The van der Waals surface area contributed by atoms with Crippen molar-refractivity contribution >= 4 is 0 Å². The minimum atomic E-state index is -4.54. The Morgan fingerprint density at radius 2 is 1.90 bits per heavy atom. The van der Waals surface area contributed by atoms with Crippen LogP contribution in [0.3, 0.4) is 0 Å². The Morgan fingerprint density at radius 1 is 1.24 bits per heavy atom. The van der Waals surface area contributed by atoms with Gasteiger partial charge < -0.3 is 10.5 Å². The number of alkyl halides is 3. The minimum absolute atomic E-state index is 0.0551. The Balaban J connectivity index is 2.03. The van der Waals surface area contributed by atoms with Crippen LogP contribution in [0.25, 0.3) is 0 Å². The van der Waals surface area contributed by atoms with Crippen LogP contribution < -0.4 is 10.5 Å². The molecule has 0 aliphatic carbocycles. The summed E-state index contributed by atoms with van der Waals surface area (Å²) in [4.78, 5) is 0. The number of ether oxygens (including phenoxy) is 1. The molecule has 1 heterocycles. The molecule has 21 heavy (non-hydrogen) atoms. The van der Waals surface area contributed by atoms with Crippen molar-refractivity contribution in [3.8, 4) is 5.75 Å². The fraction of sp³-hybridized carbons (Fsp3) is 0.385. The molecule has 2 aromatic rings. The number of nitrogens with zero attached hydrogens (tertiary/aromatic N) is 3. The Bertz CT molecular complexity index is 592. The number of nitrogens with two attached hydrogens (primary N) is 1. The topological polar surface area (TPSA) is 66.0 Å².